The average Bonchev–Trinajstić information content (AvgIpc) is 2.54. The molecule has 21 heavy (non-hydrogen) atoms. The molecule has 102 valence electrons. The first-order valence-corrected chi connectivity index (χ1v) is 6.88. The molecule has 3 aromatic rings. The van der Waals surface area contributed by atoms with E-state index in [4.69, 9.17) is 10.00 Å². The van der Waals surface area contributed by atoms with Crippen LogP contribution in [0, 0.1) is 18.3 Å². The minimum atomic E-state index is 0.497. The molecule has 3 rings (SSSR count). The Morgan fingerprint density at radius 2 is 1.81 bits per heavy atom. The van der Waals surface area contributed by atoms with E-state index in [-0.39, 0.29) is 0 Å². The minimum absolute atomic E-state index is 0.497. The van der Waals surface area contributed by atoms with Gasteiger partial charge in [-0.05, 0) is 41.0 Å². The summed E-state index contributed by atoms with van der Waals surface area (Å²) in [5.74, 6) is 0.766. The van der Waals surface area contributed by atoms with Crippen LogP contribution in [0.15, 0.2) is 60.7 Å². The summed E-state index contributed by atoms with van der Waals surface area (Å²) in [7, 11) is 0. The first-order valence-electron chi connectivity index (χ1n) is 6.88. The highest BCUT2D eigenvalue weighted by atomic mass is 16.5. The van der Waals surface area contributed by atoms with E-state index >= 15 is 0 Å². The minimum Gasteiger partial charge on any atom is -0.489 e. The van der Waals surface area contributed by atoms with Crippen LogP contribution < -0.4 is 4.74 Å². The topological polar surface area (TPSA) is 33.0 Å². The molecular formula is C19H15NO. The number of nitrogens with zero attached hydrogens (tertiary/aromatic N) is 1. The van der Waals surface area contributed by atoms with E-state index in [0.717, 1.165) is 16.9 Å². The Morgan fingerprint density at radius 1 is 1.00 bits per heavy atom. The molecule has 2 heteroatoms. The lowest BCUT2D eigenvalue weighted by atomic mass is 10.1. The van der Waals surface area contributed by atoms with Crippen LogP contribution in [0.4, 0.5) is 0 Å². The van der Waals surface area contributed by atoms with Gasteiger partial charge >= 0.3 is 0 Å². The monoisotopic (exact) mass is 273 g/mol. The van der Waals surface area contributed by atoms with Crippen LogP contribution in [0.3, 0.4) is 0 Å². The molecule has 0 spiro atoms. The fraction of sp³-hybridized carbons (Fsp3) is 0.105. The fourth-order valence-corrected chi connectivity index (χ4v) is 2.40. The molecule has 0 bridgehead atoms. The highest BCUT2D eigenvalue weighted by Crippen LogP contribution is 2.23. The molecule has 0 radical (unpaired) electrons. The molecule has 0 saturated carbocycles. The van der Waals surface area contributed by atoms with Gasteiger partial charge in [0.1, 0.15) is 12.4 Å². The van der Waals surface area contributed by atoms with Crippen LogP contribution in [0.1, 0.15) is 16.7 Å². The van der Waals surface area contributed by atoms with Crippen molar-refractivity contribution in [2.45, 2.75) is 13.5 Å². The number of rotatable bonds is 3. The van der Waals surface area contributed by atoms with E-state index < -0.39 is 0 Å². The Labute approximate surface area is 124 Å². The third kappa shape index (κ3) is 2.73. The van der Waals surface area contributed by atoms with Crippen molar-refractivity contribution < 1.29 is 4.74 Å². The molecule has 0 amide bonds. The van der Waals surface area contributed by atoms with E-state index in [9.17, 15) is 0 Å². The average molecular weight is 273 g/mol. The van der Waals surface area contributed by atoms with Crippen LogP contribution in [0.25, 0.3) is 10.8 Å². The van der Waals surface area contributed by atoms with Crippen LogP contribution in [0.2, 0.25) is 0 Å². The maximum Gasteiger partial charge on any atom is 0.124 e. The molecule has 0 fully saturated rings. The first-order chi connectivity index (χ1) is 10.3. The molecule has 0 aliphatic rings. The normalized spacial score (nSPS) is 10.3. The molecule has 0 aliphatic carbocycles. The molecule has 0 saturated heterocycles. The van der Waals surface area contributed by atoms with Gasteiger partial charge in [0.15, 0.2) is 0 Å². The molecule has 0 aromatic heterocycles. The zero-order valence-corrected chi connectivity index (χ0v) is 11.8. The lowest BCUT2D eigenvalue weighted by Crippen LogP contribution is -1.98. The molecule has 0 N–H and O–H groups in total. The Bertz CT molecular complexity index is 825. The summed E-state index contributed by atoms with van der Waals surface area (Å²) in [6.45, 7) is 2.48. The Hall–Kier alpha value is -2.79. The van der Waals surface area contributed by atoms with Crippen LogP contribution >= 0.6 is 0 Å². The summed E-state index contributed by atoms with van der Waals surface area (Å²) in [6, 6.07) is 22.1. The summed E-state index contributed by atoms with van der Waals surface area (Å²) in [6.07, 6.45) is 0. The second kappa shape index (κ2) is 5.68. The van der Waals surface area contributed by atoms with Crippen molar-refractivity contribution in [1.82, 2.24) is 0 Å². The molecule has 3 aromatic carbocycles. The predicted octanol–water partition coefficient (Wildman–Crippen LogP) is 4.60. The van der Waals surface area contributed by atoms with Gasteiger partial charge in [0, 0.05) is 0 Å². The van der Waals surface area contributed by atoms with Gasteiger partial charge in [-0.2, -0.15) is 5.26 Å². The molecule has 0 unspecified atom stereocenters. The number of hydrogen-bond donors (Lipinski definition) is 0. The Balaban J connectivity index is 1.89. The van der Waals surface area contributed by atoms with Crippen LogP contribution in [-0.2, 0) is 6.61 Å². The number of fused-ring (bicyclic) bond motifs is 1. The van der Waals surface area contributed by atoms with Gasteiger partial charge < -0.3 is 4.74 Å². The molecule has 2 nitrogen and oxygen atoms in total. The maximum absolute atomic E-state index is 8.97. The van der Waals surface area contributed by atoms with Crippen molar-refractivity contribution in [3.05, 3.63) is 77.4 Å². The van der Waals surface area contributed by atoms with Crippen molar-refractivity contribution in [3.63, 3.8) is 0 Å². The number of ether oxygens (including phenoxy) is 1. The fourth-order valence-electron chi connectivity index (χ4n) is 2.40. The van der Waals surface area contributed by atoms with Gasteiger partial charge in [-0.1, -0.05) is 48.5 Å². The van der Waals surface area contributed by atoms with E-state index in [1.54, 1.807) is 12.1 Å². The number of nitriles is 1. The molecule has 0 heterocycles. The molecule has 0 aliphatic heterocycles. The summed E-state index contributed by atoms with van der Waals surface area (Å²) in [5.41, 5.74) is 2.80. The van der Waals surface area contributed by atoms with E-state index in [2.05, 4.69) is 30.3 Å². The third-order valence-electron chi connectivity index (χ3n) is 3.58. The number of aryl methyl sites for hydroxylation is 1. The highest BCUT2D eigenvalue weighted by molar-refractivity contribution is 5.85. The zero-order valence-electron chi connectivity index (χ0n) is 11.8. The van der Waals surface area contributed by atoms with Crippen molar-refractivity contribution in [1.29, 1.82) is 5.26 Å². The van der Waals surface area contributed by atoms with Gasteiger partial charge in [0.2, 0.25) is 0 Å². The largest absolute Gasteiger partial charge is 0.489 e. The van der Waals surface area contributed by atoms with Gasteiger partial charge in [0.25, 0.3) is 0 Å². The van der Waals surface area contributed by atoms with E-state index in [1.807, 2.05) is 31.2 Å². The molecule has 0 atom stereocenters. The van der Waals surface area contributed by atoms with Crippen LogP contribution in [-0.4, -0.2) is 0 Å². The van der Waals surface area contributed by atoms with Gasteiger partial charge in [-0.25, -0.2) is 0 Å². The first kappa shape index (κ1) is 13.2. The van der Waals surface area contributed by atoms with Crippen molar-refractivity contribution in [2.24, 2.45) is 0 Å². The summed E-state index contributed by atoms with van der Waals surface area (Å²) < 4.78 is 5.92. The second-order valence-corrected chi connectivity index (χ2v) is 5.02. The summed E-state index contributed by atoms with van der Waals surface area (Å²) in [5, 5.41) is 11.4. The van der Waals surface area contributed by atoms with Crippen molar-refractivity contribution in [3.8, 4) is 11.8 Å². The number of hydrogen-bond acceptors (Lipinski definition) is 2. The maximum atomic E-state index is 8.97. The lowest BCUT2D eigenvalue weighted by molar-refractivity contribution is 0.305. The third-order valence-corrected chi connectivity index (χ3v) is 3.58. The van der Waals surface area contributed by atoms with Crippen LogP contribution in [0.5, 0.6) is 5.75 Å². The summed E-state index contributed by atoms with van der Waals surface area (Å²) in [4.78, 5) is 0. The zero-order chi connectivity index (χ0) is 14.7. The summed E-state index contributed by atoms with van der Waals surface area (Å²) >= 11 is 0. The van der Waals surface area contributed by atoms with Crippen molar-refractivity contribution >= 4 is 10.8 Å². The quantitative estimate of drug-likeness (QED) is 0.698. The predicted molar refractivity (Wildman–Crippen MR) is 84.2 cm³/mol. The smallest absolute Gasteiger partial charge is 0.124 e. The Kier molecular flexibility index (Phi) is 3.57. The van der Waals surface area contributed by atoms with E-state index in [1.165, 1.54) is 10.8 Å². The van der Waals surface area contributed by atoms with Gasteiger partial charge in [-0.3, -0.25) is 0 Å². The Morgan fingerprint density at radius 3 is 2.67 bits per heavy atom. The van der Waals surface area contributed by atoms with Gasteiger partial charge in [-0.15, -0.1) is 0 Å². The number of benzene rings is 3. The highest BCUT2D eigenvalue weighted by Gasteiger charge is 2.04. The SMILES string of the molecule is Cc1ccc(C#N)cc1OCc1cccc2ccccc12. The second-order valence-electron chi connectivity index (χ2n) is 5.02. The standard InChI is InChI=1S/C19H15NO/c1-14-9-10-15(12-20)11-19(14)21-13-17-7-4-6-16-5-2-3-8-18(16)17/h2-11H,13H2,1H3. The van der Waals surface area contributed by atoms with Crippen molar-refractivity contribution in [2.75, 3.05) is 0 Å². The molecular weight excluding hydrogens is 258 g/mol. The van der Waals surface area contributed by atoms with E-state index in [0.29, 0.717) is 12.2 Å². The lowest BCUT2D eigenvalue weighted by Gasteiger charge is -2.11. The van der Waals surface area contributed by atoms with Gasteiger partial charge in [0.05, 0.1) is 11.6 Å².